The first-order valence-corrected chi connectivity index (χ1v) is 16.7. The molecule has 6 rings (SSSR count). The van der Waals surface area contributed by atoms with Crippen LogP contribution in [0.3, 0.4) is 0 Å². The highest BCUT2D eigenvalue weighted by atomic mass is 31.1. The molecule has 2 unspecified atom stereocenters. The average molecular weight is 544 g/mol. The van der Waals surface area contributed by atoms with Crippen molar-refractivity contribution in [2.75, 3.05) is 0 Å². The first kappa shape index (κ1) is 26.2. The Morgan fingerprint density at radius 2 is 0.949 bits per heavy atom. The van der Waals surface area contributed by atoms with Gasteiger partial charge in [0.1, 0.15) is 0 Å². The summed E-state index contributed by atoms with van der Waals surface area (Å²) in [5.41, 5.74) is 8.90. The van der Waals surface area contributed by atoms with E-state index in [0.29, 0.717) is 11.8 Å². The molecule has 1 saturated carbocycles. The highest BCUT2D eigenvalue weighted by Crippen LogP contribution is 2.51. The first-order chi connectivity index (χ1) is 19.3. The number of hydrogen-bond donors (Lipinski definition) is 1. The molecule has 39 heavy (non-hydrogen) atoms. The van der Waals surface area contributed by atoms with Crippen molar-refractivity contribution in [3.63, 3.8) is 0 Å². The SMILES string of the molecule is N[C@H](C1CCCC1c1ccccc1P(c1ccccc1)c1ccccc1)P(c1ccccc1)c1ccccc1. The summed E-state index contributed by atoms with van der Waals surface area (Å²) >= 11 is 0. The van der Waals surface area contributed by atoms with E-state index in [-0.39, 0.29) is 5.78 Å². The van der Waals surface area contributed by atoms with Gasteiger partial charge in [-0.15, -0.1) is 0 Å². The van der Waals surface area contributed by atoms with E-state index < -0.39 is 15.8 Å². The van der Waals surface area contributed by atoms with E-state index in [0.717, 1.165) is 0 Å². The van der Waals surface area contributed by atoms with Gasteiger partial charge in [-0.05, 0) is 72.6 Å². The van der Waals surface area contributed by atoms with Crippen molar-refractivity contribution < 1.29 is 0 Å². The Morgan fingerprint density at radius 1 is 0.513 bits per heavy atom. The van der Waals surface area contributed by atoms with Crippen molar-refractivity contribution in [1.29, 1.82) is 0 Å². The molecule has 5 aromatic rings. The van der Waals surface area contributed by atoms with Gasteiger partial charge in [-0.25, -0.2) is 0 Å². The molecular weight excluding hydrogens is 508 g/mol. The second-order valence-electron chi connectivity index (χ2n) is 10.3. The van der Waals surface area contributed by atoms with Gasteiger partial charge in [-0.2, -0.15) is 0 Å². The molecule has 1 aliphatic rings. The normalized spacial score (nSPS) is 17.9. The third-order valence-electron chi connectivity index (χ3n) is 7.98. The predicted octanol–water partition coefficient (Wildman–Crippen LogP) is 6.75. The van der Waals surface area contributed by atoms with E-state index in [1.165, 1.54) is 51.3 Å². The number of nitrogens with two attached hydrogens (primary N) is 1. The maximum atomic E-state index is 7.40. The van der Waals surface area contributed by atoms with Crippen LogP contribution < -0.4 is 32.3 Å². The molecule has 0 bridgehead atoms. The Hall–Kier alpha value is -3.08. The Kier molecular flexibility index (Phi) is 8.32. The topological polar surface area (TPSA) is 26.0 Å². The molecule has 3 heteroatoms. The second kappa shape index (κ2) is 12.4. The summed E-state index contributed by atoms with van der Waals surface area (Å²) in [6.45, 7) is 0. The van der Waals surface area contributed by atoms with Gasteiger partial charge in [0.2, 0.25) is 0 Å². The van der Waals surface area contributed by atoms with E-state index in [4.69, 9.17) is 5.73 Å². The lowest BCUT2D eigenvalue weighted by molar-refractivity contribution is 0.469. The smallest absolute Gasteiger partial charge is 0.0360 e. The Bertz CT molecular complexity index is 1380. The molecule has 194 valence electrons. The molecule has 0 aliphatic heterocycles. The summed E-state index contributed by atoms with van der Waals surface area (Å²) in [7, 11) is -1.33. The van der Waals surface area contributed by atoms with Crippen molar-refractivity contribution in [1.82, 2.24) is 0 Å². The molecule has 0 aromatic heterocycles. The molecule has 3 atom stereocenters. The van der Waals surface area contributed by atoms with E-state index >= 15 is 0 Å². The number of rotatable bonds is 8. The monoisotopic (exact) mass is 543 g/mol. The number of benzene rings is 5. The fraction of sp³-hybridized carbons (Fsp3) is 0.167. The number of hydrogen-bond acceptors (Lipinski definition) is 1. The molecule has 5 aromatic carbocycles. The summed E-state index contributed by atoms with van der Waals surface area (Å²) in [6, 6.07) is 53.4. The van der Waals surface area contributed by atoms with Crippen LogP contribution in [0.1, 0.15) is 30.7 Å². The largest absolute Gasteiger partial charge is 0.323 e. The van der Waals surface area contributed by atoms with Gasteiger partial charge in [0.25, 0.3) is 0 Å². The van der Waals surface area contributed by atoms with Crippen molar-refractivity contribution in [2.24, 2.45) is 11.7 Å². The zero-order chi connectivity index (χ0) is 26.4. The molecule has 1 aliphatic carbocycles. The van der Waals surface area contributed by atoms with Gasteiger partial charge in [0.15, 0.2) is 0 Å². The lowest BCUT2D eigenvalue weighted by atomic mass is 9.88. The summed E-state index contributed by atoms with van der Waals surface area (Å²) in [4.78, 5) is 0. The van der Waals surface area contributed by atoms with Crippen LogP contribution in [-0.4, -0.2) is 5.78 Å². The van der Waals surface area contributed by atoms with E-state index in [9.17, 15) is 0 Å². The summed E-state index contributed by atoms with van der Waals surface area (Å²) < 4.78 is 0. The highest BCUT2D eigenvalue weighted by Gasteiger charge is 2.39. The Morgan fingerprint density at radius 3 is 1.46 bits per heavy atom. The van der Waals surface area contributed by atoms with Gasteiger partial charge >= 0.3 is 0 Å². The zero-order valence-corrected chi connectivity index (χ0v) is 24.0. The molecule has 1 fully saturated rings. The molecule has 0 amide bonds. The lowest BCUT2D eigenvalue weighted by Gasteiger charge is -2.35. The van der Waals surface area contributed by atoms with Crippen molar-refractivity contribution in [3.05, 3.63) is 151 Å². The quantitative estimate of drug-likeness (QED) is 0.216. The molecule has 1 nitrogen and oxygen atoms in total. The molecule has 0 heterocycles. The van der Waals surface area contributed by atoms with E-state index in [2.05, 4.69) is 146 Å². The molecule has 0 saturated heterocycles. The zero-order valence-electron chi connectivity index (χ0n) is 22.2. The fourth-order valence-corrected chi connectivity index (χ4v) is 11.5. The molecule has 0 spiro atoms. The minimum Gasteiger partial charge on any atom is -0.323 e. The van der Waals surface area contributed by atoms with Crippen molar-refractivity contribution in [2.45, 2.75) is 31.0 Å². The van der Waals surface area contributed by atoms with Gasteiger partial charge in [0.05, 0.1) is 0 Å². The standard InChI is InChI=1S/C36H35NP2/c37-36(39(30-20-9-3-10-21-30)31-22-11-4-12-23-31)34-26-15-25-32(34)33-24-13-14-27-35(33)38(28-16-5-1-6-17-28)29-18-7-2-8-19-29/h1-14,16-24,27,32,34,36H,15,25-26,37H2/t32?,34?,36-/m0/s1. The maximum absolute atomic E-state index is 7.40. The van der Waals surface area contributed by atoms with Gasteiger partial charge < -0.3 is 5.73 Å². The second-order valence-corrected chi connectivity index (χ2v) is 14.9. The first-order valence-electron chi connectivity index (χ1n) is 14.0. The third-order valence-corrected chi connectivity index (χ3v) is 13.2. The average Bonchev–Trinajstić information content (AvgIpc) is 3.50. The van der Waals surface area contributed by atoms with Crippen LogP contribution in [0.2, 0.25) is 0 Å². The minimum absolute atomic E-state index is 0.102. The van der Waals surface area contributed by atoms with E-state index in [1.54, 1.807) is 0 Å². The van der Waals surface area contributed by atoms with Crippen LogP contribution in [0, 0.1) is 5.92 Å². The van der Waals surface area contributed by atoms with Crippen LogP contribution in [0.25, 0.3) is 0 Å². The highest BCUT2D eigenvalue weighted by molar-refractivity contribution is 7.80. The van der Waals surface area contributed by atoms with Crippen LogP contribution in [0.5, 0.6) is 0 Å². The van der Waals surface area contributed by atoms with Crippen molar-refractivity contribution >= 4 is 42.4 Å². The predicted molar refractivity (Wildman–Crippen MR) is 172 cm³/mol. The van der Waals surface area contributed by atoms with Gasteiger partial charge in [-0.1, -0.05) is 152 Å². The van der Waals surface area contributed by atoms with Crippen LogP contribution in [-0.2, 0) is 0 Å². The Labute approximate surface area is 235 Å². The molecule has 2 N–H and O–H groups in total. The summed E-state index contributed by atoms with van der Waals surface area (Å²) in [6.07, 6.45) is 3.63. The van der Waals surface area contributed by atoms with E-state index in [1.807, 2.05) is 0 Å². The molecular formula is C36H35NP2. The fourth-order valence-electron chi connectivity index (χ4n) is 6.23. The van der Waals surface area contributed by atoms with Crippen molar-refractivity contribution in [3.8, 4) is 0 Å². The molecule has 0 radical (unpaired) electrons. The van der Waals surface area contributed by atoms with Crippen LogP contribution >= 0.6 is 15.8 Å². The third kappa shape index (κ3) is 5.64. The summed E-state index contributed by atoms with van der Waals surface area (Å²) in [5.74, 6) is 1.01. The van der Waals surface area contributed by atoms with Gasteiger partial charge in [-0.3, -0.25) is 0 Å². The summed E-state index contributed by atoms with van der Waals surface area (Å²) in [5, 5.41) is 7.04. The van der Waals surface area contributed by atoms with Crippen LogP contribution in [0.15, 0.2) is 146 Å². The lowest BCUT2D eigenvalue weighted by Crippen LogP contribution is -2.37. The minimum atomic E-state index is -0.670. The maximum Gasteiger partial charge on any atom is 0.0360 e. The van der Waals surface area contributed by atoms with Gasteiger partial charge in [0, 0.05) is 5.78 Å². The Balaban J connectivity index is 1.42. The van der Waals surface area contributed by atoms with Crippen LogP contribution in [0.4, 0.5) is 0 Å².